The molecule has 2 heterocycles. The normalized spacial score (nSPS) is 12.8. The number of hydrogen-bond donors (Lipinski definition) is 1. The Labute approximate surface area is 121 Å². The lowest BCUT2D eigenvalue weighted by Gasteiger charge is -2.13. The molecule has 2 aromatic rings. The van der Waals surface area contributed by atoms with Crippen LogP contribution in [0.1, 0.15) is 50.5 Å². The summed E-state index contributed by atoms with van der Waals surface area (Å²) in [5.74, 6) is 1.02. The zero-order chi connectivity index (χ0) is 14.4. The van der Waals surface area contributed by atoms with Crippen molar-refractivity contribution in [2.75, 3.05) is 7.05 Å². The van der Waals surface area contributed by atoms with Crippen LogP contribution in [0.2, 0.25) is 0 Å². The Morgan fingerprint density at radius 2 is 2.15 bits per heavy atom. The Morgan fingerprint density at radius 3 is 2.85 bits per heavy atom. The van der Waals surface area contributed by atoms with Gasteiger partial charge >= 0.3 is 0 Å². The molecule has 5 heteroatoms. The van der Waals surface area contributed by atoms with Crippen molar-refractivity contribution in [3.05, 3.63) is 36.2 Å². The van der Waals surface area contributed by atoms with Gasteiger partial charge in [0, 0.05) is 25.0 Å². The molecule has 0 aliphatic carbocycles. The maximum Gasteiger partial charge on any atom is 0.146 e. The molecule has 2 rings (SSSR count). The third-order valence-corrected chi connectivity index (χ3v) is 3.56. The second kappa shape index (κ2) is 7.24. The third kappa shape index (κ3) is 3.48. The Hall–Kier alpha value is -1.62. The van der Waals surface area contributed by atoms with Crippen LogP contribution in [0.15, 0.2) is 24.8 Å². The molecule has 0 amide bonds. The molecule has 0 aromatic carbocycles. The number of aromatic nitrogens is 4. The minimum absolute atomic E-state index is 0.440. The Bertz CT molecular complexity index is 514. The van der Waals surface area contributed by atoms with E-state index < -0.39 is 0 Å². The predicted octanol–water partition coefficient (Wildman–Crippen LogP) is 2.60. The minimum atomic E-state index is 0.440. The second-order valence-electron chi connectivity index (χ2n) is 5.15. The van der Waals surface area contributed by atoms with Crippen molar-refractivity contribution in [1.29, 1.82) is 0 Å². The number of nitrogens with zero attached hydrogens (tertiary/aromatic N) is 4. The van der Waals surface area contributed by atoms with Gasteiger partial charge in [0.25, 0.3) is 0 Å². The maximum atomic E-state index is 4.36. The van der Waals surface area contributed by atoms with Crippen LogP contribution in [0, 0.1) is 0 Å². The van der Waals surface area contributed by atoms with Crippen LogP contribution in [-0.4, -0.2) is 26.4 Å². The zero-order valence-corrected chi connectivity index (χ0v) is 12.7. The van der Waals surface area contributed by atoms with E-state index in [1.54, 1.807) is 6.33 Å². The van der Waals surface area contributed by atoms with Crippen LogP contribution in [0.4, 0.5) is 0 Å². The first-order valence-corrected chi connectivity index (χ1v) is 7.48. The molecule has 0 aliphatic heterocycles. The van der Waals surface area contributed by atoms with Gasteiger partial charge in [-0.15, -0.1) is 0 Å². The summed E-state index contributed by atoms with van der Waals surface area (Å²) in [7, 11) is 2.02. The van der Waals surface area contributed by atoms with E-state index in [4.69, 9.17) is 0 Å². The van der Waals surface area contributed by atoms with Crippen molar-refractivity contribution in [1.82, 2.24) is 24.6 Å². The molecular weight excluding hydrogens is 250 g/mol. The van der Waals surface area contributed by atoms with E-state index in [0.717, 1.165) is 31.8 Å². The Morgan fingerprint density at radius 1 is 1.30 bits per heavy atom. The predicted molar refractivity (Wildman–Crippen MR) is 80.6 cm³/mol. The Balaban J connectivity index is 2.07. The fourth-order valence-electron chi connectivity index (χ4n) is 2.50. The standard InChI is InChI=1S/C15H25N5/c1-4-6-14(16-3)13-7-9-19(10-13)11-15-17-12-18-20(15)8-5-2/h7,9-10,12,14,16H,4-6,8,11H2,1-3H3. The van der Waals surface area contributed by atoms with Gasteiger partial charge in [-0.25, -0.2) is 9.67 Å². The van der Waals surface area contributed by atoms with Gasteiger partial charge in [-0.2, -0.15) is 5.10 Å². The molecule has 0 radical (unpaired) electrons. The molecule has 0 saturated carbocycles. The largest absolute Gasteiger partial charge is 0.346 e. The maximum absolute atomic E-state index is 4.36. The van der Waals surface area contributed by atoms with Crippen molar-refractivity contribution in [3.63, 3.8) is 0 Å². The molecule has 1 N–H and O–H groups in total. The van der Waals surface area contributed by atoms with Crippen LogP contribution in [-0.2, 0) is 13.1 Å². The number of aryl methyl sites for hydroxylation is 1. The van der Waals surface area contributed by atoms with E-state index in [0.29, 0.717) is 6.04 Å². The molecule has 0 aliphatic rings. The average molecular weight is 275 g/mol. The van der Waals surface area contributed by atoms with Crippen molar-refractivity contribution >= 4 is 0 Å². The summed E-state index contributed by atoms with van der Waals surface area (Å²) >= 11 is 0. The highest BCUT2D eigenvalue weighted by atomic mass is 15.3. The molecule has 5 nitrogen and oxygen atoms in total. The molecule has 20 heavy (non-hydrogen) atoms. The van der Waals surface area contributed by atoms with E-state index in [9.17, 15) is 0 Å². The first kappa shape index (κ1) is 14.8. The molecule has 0 fully saturated rings. The van der Waals surface area contributed by atoms with Crippen molar-refractivity contribution in [2.45, 2.75) is 52.2 Å². The fraction of sp³-hybridized carbons (Fsp3) is 0.600. The molecule has 2 aromatic heterocycles. The van der Waals surface area contributed by atoms with Gasteiger partial charge in [-0.3, -0.25) is 0 Å². The minimum Gasteiger partial charge on any atom is -0.346 e. The smallest absolute Gasteiger partial charge is 0.146 e. The first-order chi connectivity index (χ1) is 9.78. The van der Waals surface area contributed by atoms with Gasteiger partial charge in [0.15, 0.2) is 0 Å². The molecule has 0 saturated heterocycles. The van der Waals surface area contributed by atoms with Crippen LogP contribution < -0.4 is 5.32 Å². The summed E-state index contributed by atoms with van der Waals surface area (Å²) < 4.78 is 4.17. The molecule has 0 bridgehead atoms. The van der Waals surface area contributed by atoms with Crippen molar-refractivity contribution < 1.29 is 0 Å². The summed E-state index contributed by atoms with van der Waals surface area (Å²) in [5, 5.41) is 7.65. The highest BCUT2D eigenvalue weighted by Crippen LogP contribution is 2.18. The average Bonchev–Trinajstić information content (AvgIpc) is 3.07. The first-order valence-electron chi connectivity index (χ1n) is 7.48. The van der Waals surface area contributed by atoms with Crippen LogP contribution >= 0.6 is 0 Å². The summed E-state index contributed by atoms with van der Waals surface area (Å²) in [4.78, 5) is 4.36. The van der Waals surface area contributed by atoms with Gasteiger partial charge in [0.05, 0.1) is 6.54 Å². The van der Waals surface area contributed by atoms with E-state index in [-0.39, 0.29) is 0 Å². The van der Waals surface area contributed by atoms with Gasteiger partial charge in [-0.05, 0) is 31.5 Å². The van der Waals surface area contributed by atoms with Crippen LogP contribution in [0.3, 0.4) is 0 Å². The van der Waals surface area contributed by atoms with Gasteiger partial charge in [0.2, 0.25) is 0 Å². The number of rotatable bonds is 8. The van der Waals surface area contributed by atoms with Gasteiger partial charge < -0.3 is 9.88 Å². The molecular formula is C15H25N5. The highest BCUT2D eigenvalue weighted by molar-refractivity contribution is 5.16. The highest BCUT2D eigenvalue weighted by Gasteiger charge is 2.10. The van der Waals surface area contributed by atoms with Crippen molar-refractivity contribution in [3.8, 4) is 0 Å². The molecule has 1 unspecified atom stereocenters. The topological polar surface area (TPSA) is 47.7 Å². The van der Waals surface area contributed by atoms with E-state index >= 15 is 0 Å². The second-order valence-corrected chi connectivity index (χ2v) is 5.15. The van der Waals surface area contributed by atoms with Gasteiger partial charge in [-0.1, -0.05) is 20.3 Å². The lowest BCUT2D eigenvalue weighted by molar-refractivity contribution is 0.537. The number of hydrogen-bond acceptors (Lipinski definition) is 3. The SMILES string of the molecule is CCCC(NC)c1ccn(Cc2ncnn2CCC)c1. The summed E-state index contributed by atoms with van der Waals surface area (Å²) in [6, 6.07) is 2.63. The Kier molecular flexibility index (Phi) is 5.35. The van der Waals surface area contributed by atoms with Gasteiger partial charge in [0.1, 0.15) is 12.2 Å². The fourth-order valence-corrected chi connectivity index (χ4v) is 2.50. The van der Waals surface area contributed by atoms with E-state index in [1.165, 1.54) is 12.0 Å². The molecule has 1 atom stereocenters. The molecule has 0 spiro atoms. The lowest BCUT2D eigenvalue weighted by Crippen LogP contribution is -2.15. The lowest BCUT2D eigenvalue weighted by atomic mass is 10.1. The summed E-state index contributed by atoms with van der Waals surface area (Å²) in [6.45, 7) is 6.08. The third-order valence-electron chi connectivity index (χ3n) is 3.56. The van der Waals surface area contributed by atoms with E-state index in [2.05, 4.69) is 52.3 Å². The zero-order valence-electron chi connectivity index (χ0n) is 12.7. The number of nitrogens with one attached hydrogen (secondary N) is 1. The summed E-state index contributed by atoms with van der Waals surface area (Å²) in [5.41, 5.74) is 1.34. The van der Waals surface area contributed by atoms with Crippen LogP contribution in [0.25, 0.3) is 0 Å². The van der Waals surface area contributed by atoms with Crippen molar-refractivity contribution in [2.24, 2.45) is 0 Å². The molecule has 110 valence electrons. The quantitative estimate of drug-likeness (QED) is 0.805. The monoisotopic (exact) mass is 275 g/mol. The van der Waals surface area contributed by atoms with E-state index in [1.807, 2.05) is 11.7 Å². The van der Waals surface area contributed by atoms with Crippen LogP contribution in [0.5, 0.6) is 0 Å². The summed E-state index contributed by atoms with van der Waals surface area (Å²) in [6.07, 6.45) is 9.39.